The Morgan fingerprint density at radius 3 is 3.11 bits per heavy atom. The fourth-order valence-corrected chi connectivity index (χ4v) is 4.47. The first-order valence-corrected chi connectivity index (χ1v) is 6.92. The van der Waals surface area contributed by atoms with Crippen molar-refractivity contribution in [3.63, 3.8) is 0 Å². The van der Waals surface area contributed by atoms with Crippen LogP contribution in [0.5, 0.6) is 0 Å². The van der Waals surface area contributed by atoms with Crippen LogP contribution in [0.25, 0.3) is 0 Å². The molecule has 3 atom stereocenters. The van der Waals surface area contributed by atoms with Crippen LogP contribution in [0.2, 0.25) is 0 Å². The summed E-state index contributed by atoms with van der Waals surface area (Å²) in [5.41, 5.74) is 6.43. The van der Waals surface area contributed by atoms with Gasteiger partial charge in [-0.05, 0) is 37.0 Å². The van der Waals surface area contributed by atoms with E-state index >= 15 is 0 Å². The molecule has 3 aliphatic carbocycles. The van der Waals surface area contributed by atoms with E-state index < -0.39 is 0 Å². The van der Waals surface area contributed by atoms with Gasteiger partial charge in [0.05, 0.1) is 12.9 Å². The number of fused-ring (bicyclic) bond motifs is 4. The molecule has 4 rings (SSSR count). The summed E-state index contributed by atoms with van der Waals surface area (Å²) in [5.74, 6) is 3.00. The van der Waals surface area contributed by atoms with E-state index in [1.54, 1.807) is 18.3 Å². The van der Waals surface area contributed by atoms with Crippen molar-refractivity contribution in [1.29, 1.82) is 0 Å². The minimum absolute atomic E-state index is 0.393. The number of rotatable bonds is 2. The van der Waals surface area contributed by atoms with Crippen molar-refractivity contribution < 1.29 is 9.15 Å². The summed E-state index contributed by atoms with van der Waals surface area (Å²) in [6, 6.07) is 0. The monoisotopic (exact) mass is 244 g/mol. The molecule has 1 aromatic heterocycles. The van der Waals surface area contributed by atoms with Crippen LogP contribution in [0, 0.1) is 17.3 Å². The fraction of sp³-hybridized carbons (Fsp3) is 0.625. The molecule has 1 aromatic rings. The lowest BCUT2D eigenvalue weighted by molar-refractivity contribution is 0.183. The van der Waals surface area contributed by atoms with E-state index in [2.05, 4.69) is 13.8 Å². The van der Waals surface area contributed by atoms with Crippen molar-refractivity contribution in [2.24, 2.45) is 17.3 Å². The van der Waals surface area contributed by atoms with Gasteiger partial charge in [-0.3, -0.25) is 0 Å². The van der Waals surface area contributed by atoms with Gasteiger partial charge in [-0.1, -0.05) is 18.1 Å². The Bertz CT molecular complexity index is 551. The molecule has 96 valence electrons. The smallest absolute Gasteiger partial charge is 0.108 e. The molecule has 0 N–H and O–H groups in total. The zero-order chi connectivity index (χ0) is 12.5. The second-order valence-electron chi connectivity index (χ2n) is 6.48. The molecule has 1 saturated carbocycles. The minimum Gasteiger partial charge on any atom is -0.469 e. The summed E-state index contributed by atoms with van der Waals surface area (Å²) in [6.45, 7) is 5.48. The number of hydrogen-bond donors (Lipinski definition) is 0. The van der Waals surface area contributed by atoms with Gasteiger partial charge < -0.3 is 9.15 Å². The van der Waals surface area contributed by atoms with Crippen LogP contribution in [-0.4, -0.2) is 7.11 Å². The molecule has 1 fully saturated rings. The van der Waals surface area contributed by atoms with Crippen molar-refractivity contribution in [2.75, 3.05) is 7.11 Å². The van der Waals surface area contributed by atoms with Gasteiger partial charge in [0.15, 0.2) is 0 Å². The standard InChI is InChI=1S/C16H20O2/c1-9-11-4-14(11)16(2)6-15-12(5-13(9)16)10(7-17-3)8-18-15/h8,11,14H,4-7H2,1-3H3/t11-,14-,16-/m0/s1. The first kappa shape index (κ1) is 10.9. The molecule has 0 aliphatic heterocycles. The van der Waals surface area contributed by atoms with E-state index in [1.165, 1.54) is 23.3 Å². The molecule has 2 heteroatoms. The maximum atomic E-state index is 5.81. The van der Waals surface area contributed by atoms with Crippen LogP contribution in [-0.2, 0) is 24.2 Å². The molecular weight excluding hydrogens is 224 g/mol. The van der Waals surface area contributed by atoms with Gasteiger partial charge in [0, 0.05) is 24.7 Å². The van der Waals surface area contributed by atoms with Crippen LogP contribution in [0.4, 0.5) is 0 Å². The Morgan fingerprint density at radius 1 is 1.50 bits per heavy atom. The lowest BCUT2D eigenvalue weighted by atomic mass is 9.69. The summed E-state index contributed by atoms with van der Waals surface area (Å²) >= 11 is 0. The first-order chi connectivity index (χ1) is 8.65. The maximum absolute atomic E-state index is 5.81. The van der Waals surface area contributed by atoms with E-state index in [-0.39, 0.29) is 0 Å². The third-order valence-corrected chi connectivity index (χ3v) is 5.58. The Kier molecular flexibility index (Phi) is 1.99. The van der Waals surface area contributed by atoms with Gasteiger partial charge in [0.2, 0.25) is 0 Å². The summed E-state index contributed by atoms with van der Waals surface area (Å²) in [5, 5.41) is 0. The fourth-order valence-electron chi connectivity index (χ4n) is 4.47. The van der Waals surface area contributed by atoms with E-state index in [9.17, 15) is 0 Å². The van der Waals surface area contributed by atoms with Gasteiger partial charge in [-0.25, -0.2) is 0 Å². The maximum Gasteiger partial charge on any atom is 0.108 e. The van der Waals surface area contributed by atoms with Crippen LogP contribution in [0.15, 0.2) is 21.8 Å². The predicted molar refractivity (Wildman–Crippen MR) is 69.2 cm³/mol. The predicted octanol–water partition coefficient (Wildman–Crippen LogP) is 3.50. The molecule has 0 saturated heterocycles. The van der Waals surface area contributed by atoms with Gasteiger partial charge in [0.1, 0.15) is 5.76 Å². The molecule has 0 spiro atoms. The van der Waals surface area contributed by atoms with Gasteiger partial charge in [-0.2, -0.15) is 0 Å². The van der Waals surface area contributed by atoms with Gasteiger partial charge in [-0.15, -0.1) is 0 Å². The summed E-state index contributed by atoms with van der Waals surface area (Å²) in [6.07, 6.45) is 5.51. The van der Waals surface area contributed by atoms with Gasteiger partial charge in [0.25, 0.3) is 0 Å². The lowest BCUT2D eigenvalue weighted by Crippen LogP contribution is -2.29. The number of methoxy groups -OCH3 is 1. The SMILES string of the molecule is COCc1coc2c1CC1=C(C)[C@@H]3C[C@@H]3[C@@]1(C)C2. The molecule has 0 radical (unpaired) electrons. The average Bonchev–Trinajstić information content (AvgIpc) is 3.03. The summed E-state index contributed by atoms with van der Waals surface area (Å²) in [7, 11) is 1.75. The van der Waals surface area contributed by atoms with Crippen molar-refractivity contribution in [3.8, 4) is 0 Å². The van der Waals surface area contributed by atoms with Gasteiger partial charge >= 0.3 is 0 Å². The molecule has 0 aromatic carbocycles. The zero-order valence-corrected chi connectivity index (χ0v) is 11.4. The van der Waals surface area contributed by atoms with Crippen molar-refractivity contribution in [3.05, 3.63) is 34.3 Å². The third-order valence-electron chi connectivity index (χ3n) is 5.58. The second kappa shape index (κ2) is 3.30. The molecular formula is C16H20O2. The molecule has 1 heterocycles. The highest BCUT2D eigenvalue weighted by atomic mass is 16.5. The Morgan fingerprint density at radius 2 is 2.33 bits per heavy atom. The molecule has 3 aliphatic rings. The Balaban J connectivity index is 1.79. The first-order valence-electron chi connectivity index (χ1n) is 6.92. The van der Waals surface area contributed by atoms with Crippen molar-refractivity contribution in [2.45, 2.75) is 39.7 Å². The molecule has 2 nitrogen and oxygen atoms in total. The van der Waals surface area contributed by atoms with Crippen molar-refractivity contribution in [1.82, 2.24) is 0 Å². The molecule has 0 bridgehead atoms. The van der Waals surface area contributed by atoms with Crippen LogP contribution < -0.4 is 0 Å². The van der Waals surface area contributed by atoms with E-state index in [0.717, 1.165) is 24.7 Å². The highest BCUT2D eigenvalue weighted by Crippen LogP contribution is 2.67. The van der Waals surface area contributed by atoms with E-state index in [4.69, 9.17) is 9.15 Å². The van der Waals surface area contributed by atoms with Crippen LogP contribution in [0.1, 0.15) is 37.2 Å². The van der Waals surface area contributed by atoms with Crippen LogP contribution >= 0.6 is 0 Å². The number of allylic oxidation sites excluding steroid dienone is 2. The Hall–Kier alpha value is -1.02. The molecule has 0 unspecified atom stereocenters. The Labute approximate surface area is 108 Å². The lowest BCUT2D eigenvalue weighted by Gasteiger charge is -2.34. The van der Waals surface area contributed by atoms with E-state index in [0.29, 0.717) is 12.0 Å². The number of furan rings is 1. The zero-order valence-electron chi connectivity index (χ0n) is 11.4. The number of hydrogen-bond acceptors (Lipinski definition) is 2. The highest BCUT2D eigenvalue weighted by molar-refractivity contribution is 5.47. The van der Waals surface area contributed by atoms with Crippen LogP contribution in [0.3, 0.4) is 0 Å². The highest BCUT2D eigenvalue weighted by Gasteiger charge is 2.60. The normalized spacial score (nSPS) is 36.4. The molecule has 0 amide bonds. The van der Waals surface area contributed by atoms with E-state index in [1.807, 2.05) is 6.26 Å². The minimum atomic E-state index is 0.393. The number of ether oxygens (including phenoxy) is 1. The summed E-state index contributed by atoms with van der Waals surface area (Å²) < 4.78 is 11.1. The quantitative estimate of drug-likeness (QED) is 0.743. The molecule has 18 heavy (non-hydrogen) atoms. The summed E-state index contributed by atoms with van der Waals surface area (Å²) in [4.78, 5) is 0. The average molecular weight is 244 g/mol. The largest absolute Gasteiger partial charge is 0.469 e. The third kappa shape index (κ3) is 1.17. The topological polar surface area (TPSA) is 22.4 Å². The second-order valence-corrected chi connectivity index (χ2v) is 6.48. The van der Waals surface area contributed by atoms with Crippen molar-refractivity contribution >= 4 is 0 Å².